The van der Waals surface area contributed by atoms with Crippen molar-refractivity contribution in [1.82, 2.24) is 0 Å². The molecule has 0 bridgehead atoms. The Morgan fingerprint density at radius 2 is 1.70 bits per heavy atom. The number of carbonyl (C=O) groups excluding carboxylic acids is 3. The van der Waals surface area contributed by atoms with E-state index >= 15 is 0 Å². The van der Waals surface area contributed by atoms with Gasteiger partial charge in [0.1, 0.15) is 5.25 Å². The maximum absolute atomic E-state index is 12.5. The van der Waals surface area contributed by atoms with Crippen molar-refractivity contribution in [2.24, 2.45) is 5.14 Å². The molecule has 2 aromatic rings. The topological polar surface area (TPSA) is 127 Å². The van der Waals surface area contributed by atoms with Crippen LogP contribution in [0.5, 0.6) is 0 Å². The Labute approximate surface area is 159 Å². The summed E-state index contributed by atoms with van der Waals surface area (Å²) in [5.74, 6) is -0.914. The average molecular weight is 405 g/mol. The van der Waals surface area contributed by atoms with Gasteiger partial charge in [0.15, 0.2) is 0 Å². The molecule has 8 nitrogen and oxygen atoms in total. The van der Waals surface area contributed by atoms with E-state index in [1.54, 1.807) is 30.3 Å². The van der Waals surface area contributed by atoms with Crippen molar-refractivity contribution in [1.29, 1.82) is 0 Å². The molecule has 1 fully saturated rings. The number of hydrogen-bond acceptors (Lipinski definition) is 6. The number of nitrogens with one attached hydrogen (secondary N) is 1. The smallest absolute Gasteiger partial charge is 0.293 e. The molecule has 1 aliphatic rings. The zero-order valence-electron chi connectivity index (χ0n) is 13.9. The first kappa shape index (κ1) is 19.1. The number of rotatable bonds is 5. The number of nitrogens with two attached hydrogens (primary N) is 1. The Kier molecular flexibility index (Phi) is 5.31. The molecule has 1 saturated heterocycles. The average Bonchev–Trinajstić information content (AvgIpc) is 2.88. The molecule has 1 atom stereocenters. The van der Waals surface area contributed by atoms with E-state index in [4.69, 9.17) is 5.14 Å². The first-order valence-corrected chi connectivity index (χ1v) is 10.2. The van der Waals surface area contributed by atoms with Gasteiger partial charge in [-0.1, -0.05) is 18.2 Å². The van der Waals surface area contributed by atoms with Crippen LogP contribution in [0, 0.1) is 0 Å². The Balaban J connectivity index is 1.65. The molecule has 2 aromatic carbocycles. The van der Waals surface area contributed by atoms with Gasteiger partial charge in [0, 0.05) is 12.1 Å². The van der Waals surface area contributed by atoms with Crippen LogP contribution in [-0.4, -0.2) is 30.7 Å². The maximum atomic E-state index is 12.5. The fourth-order valence-corrected chi connectivity index (χ4v) is 4.01. The molecule has 140 valence electrons. The highest BCUT2D eigenvalue weighted by Crippen LogP contribution is 2.33. The van der Waals surface area contributed by atoms with Crippen molar-refractivity contribution in [3.8, 4) is 0 Å². The van der Waals surface area contributed by atoms with Gasteiger partial charge in [-0.25, -0.2) is 18.5 Å². The van der Waals surface area contributed by atoms with Crippen LogP contribution in [0.15, 0.2) is 59.5 Å². The molecule has 3 amide bonds. The van der Waals surface area contributed by atoms with E-state index in [0.717, 1.165) is 16.7 Å². The van der Waals surface area contributed by atoms with Crippen molar-refractivity contribution in [2.45, 2.75) is 16.6 Å². The summed E-state index contributed by atoms with van der Waals surface area (Å²) in [6.45, 7) is 0. The molecule has 3 rings (SSSR count). The molecule has 0 saturated carbocycles. The van der Waals surface area contributed by atoms with E-state index in [9.17, 15) is 22.8 Å². The zero-order chi connectivity index (χ0) is 19.6. The highest BCUT2D eigenvalue weighted by atomic mass is 32.2. The van der Waals surface area contributed by atoms with E-state index < -0.39 is 32.3 Å². The molecule has 0 aliphatic carbocycles. The molecule has 1 heterocycles. The van der Waals surface area contributed by atoms with Gasteiger partial charge in [0.2, 0.25) is 21.8 Å². The normalized spacial score (nSPS) is 17.2. The number of primary sulfonamides is 1. The van der Waals surface area contributed by atoms with Crippen LogP contribution < -0.4 is 15.4 Å². The molecule has 0 radical (unpaired) electrons. The van der Waals surface area contributed by atoms with Gasteiger partial charge in [0.05, 0.1) is 10.6 Å². The number of sulfonamides is 1. The second-order valence-corrected chi connectivity index (χ2v) is 8.42. The largest absolute Gasteiger partial charge is 0.326 e. The number of carbonyl (C=O) groups is 3. The summed E-state index contributed by atoms with van der Waals surface area (Å²) in [5.41, 5.74) is 0.815. The summed E-state index contributed by atoms with van der Waals surface area (Å²) in [4.78, 5) is 37.8. The lowest BCUT2D eigenvalue weighted by Crippen LogP contribution is -2.32. The zero-order valence-corrected chi connectivity index (χ0v) is 15.5. The minimum Gasteiger partial charge on any atom is -0.326 e. The summed E-state index contributed by atoms with van der Waals surface area (Å²) in [5, 5.41) is 6.33. The Morgan fingerprint density at radius 1 is 1.07 bits per heavy atom. The lowest BCUT2D eigenvalue weighted by Gasteiger charge is -2.13. The van der Waals surface area contributed by atoms with E-state index in [-0.39, 0.29) is 11.3 Å². The summed E-state index contributed by atoms with van der Waals surface area (Å²) in [6, 6.07) is 13.8. The summed E-state index contributed by atoms with van der Waals surface area (Å²) >= 11 is 0.802. The molecular formula is C17H15N3O5S2. The Bertz CT molecular complexity index is 991. The third kappa shape index (κ3) is 4.35. The third-order valence-electron chi connectivity index (χ3n) is 3.77. The van der Waals surface area contributed by atoms with Crippen LogP contribution in [0.25, 0.3) is 0 Å². The number of hydrogen-bond donors (Lipinski definition) is 2. The number of imide groups is 1. The van der Waals surface area contributed by atoms with Crippen molar-refractivity contribution in [3.63, 3.8) is 0 Å². The van der Waals surface area contributed by atoms with Gasteiger partial charge >= 0.3 is 0 Å². The highest BCUT2D eigenvalue weighted by molar-refractivity contribution is 8.15. The molecule has 1 aliphatic heterocycles. The Morgan fingerprint density at radius 3 is 2.30 bits per heavy atom. The van der Waals surface area contributed by atoms with Crippen molar-refractivity contribution in [2.75, 3.05) is 10.2 Å². The van der Waals surface area contributed by atoms with Gasteiger partial charge in [-0.3, -0.25) is 14.4 Å². The number of nitrogens with zero attached hydrogens (tertiary/aromatic N) is 1. The minimum atomic E-state index is -3.82. The molecule has 0 spiro atoms. The van der Waals surface area contributed by atoms with Crippen molar-refractivity contribution >= 4 is 50.2 Å². The lowest BCUT2D eigenvalue weighted by molar-refractivity contribution is -0.121. The quantitative estimate of drug-likeness (QED) is 0.783. The predicted octanol–water partition coefficient (Wildman–Crippen LogP) is 1.93. The van der Waals surface area contributed by atoms with Crippen molar-refractivity contribution in [3.05, 3.63) is 54.6 Å². The fraction of sp³-hybridized carbons (Fsp3) is 0.118. The first-order valence-electron chi connectivity index (χ1n) is 7.78. The van der Waals surface area contributed by atoms with Crippen LogP contribution in [0.4, 0.5) is 16.2 Å². The molecule has 3 N–H and O–H groups in total. The van der Waals surface area contributed by atoms with Crippen LogP contribution in [0.1, 0.15) is 6.42 Å². The van der Waals surface area contributed by atoms with Gasteiger partial charge in [-0.2, -0.15) is 0 Å². The molecule has 10 heteroatoms. The monoisotopic (exact) mass is 405 g/mol. The number of benzene rings is 2. The van der Waals surface area contributed by atoms with Crippen LogP contribution >= 0.6 is 11.8 Å². The number of anilines is 2. The number of para-hydroxylation sites is 1. The second-order valence-electron chi connectivity index (χ2n) is 5.70. The first-order chi connectivity index (χ1) is 12.8. The van der Waals surface area contributed by atoms with Gasteiger partial charge in [-0.05, 0) is 48.2 Å². The summed E-state index contributed by atoms with van der Waals surface area (Å²) < 4.78 is 22.4. The molecule has 1 unspecified atom stereocenters. The molecule has 27 heavy (non-hydrogen) atoms. The van der Waals surface area contributed by atoms with Crippen molar-refractivity contribution < 1.29 is 22.8 Å². The van der Waals surface area contributed by atoms with E-state index in [1.807, 2.05) is 0 Å². The van der Waals surface area contributed by atoms with Gasteiger partial charge in [0.25, 0.3) is 5.24 Å². The van der Waals surface area contributed by atoms with Gasteiger partial charge in [-0.15, -0.1) is 0 Å². The number of thioether (sulfide) groups is 1. The third-order valence-corrected chi connectivity index (χ3v) is 5.74. The Hall–Kier alpha value is -2.69. The van der Waals surface area contributed by atoms with E-state index in [2.05, 4.69) is 5.32 Å². The second kappa shape index (κ2) is 7.51. The van der Waals surface area contributed by atoms with E-state index in [1.165, 1.54) is 24.3 Å². The van der Waals surface area contributed by atoms with Crippen LogP contribution in [-0.2, 0) is 19.6 Å². The van der Waals surface area contributed by atoms with Crippen LogP contribution in [0.2, 0.25) is 0 Å². The lowest BCUT2D eigenvalue weighted by atomic mass is 10.2. The predicted molar refractivity (Wildman–Crippen MR) is 102 cm³/mol. The van der Waals surface area contributed by atoms with Gasteiger partial charge < -0.3 is 5.32 Å². The SMILES string of the molecule is NS(=O)(=O)c1ccc(NC(=O)CC2SC(=O)N(c3ccccc3)C2=O)cc1. The summed E-state index contributed by atoms with van der Waals surface area (Å²) in [6.07, 6.45) is -0.185. The molecule has 0 aromatic heterocycles. The van der Waals surface area contributed by atoms with E-state index in [0.29, 0.717) is 11.4 Å². The summed E-state index contributed by atoms with van der Waals surface area (Å²) in [7, 11) is -3.82. The van der Waals surface area contributed by atoms with Crippen LogP contribution in [0.3, 0.4) is 0 Å². The minimum absolute atomic E-state index is 0.0777. The molecular weight excluding hydrogens is 390 g/mol. The standard InChI is InChI=1S/C17H15N3O5S2/c18-27(24,25)13-8-6-11(7-9-13)19-15(21)10-14-16(22)20(17(23)26-14)12-4-2-1-3-5-12/h1-9,14H,10H2,(H,19,21)(H2,18,24,25). The fourth-order valence-electron chi connectivity index (χ4n) is 2.51. The maximum Gasteiger partial charge on any atom is 0.293 e. The highest BCUT2D eigenvalue weighted by Gasteiger charge is 2.41. The number of amides is 3.